The average molecular weight is 653 g/mol. The Kier molecular flexibility index (Phi) is 10.5. The van der Waals surface area contributed by atoms with Crippen LogP contribution in [0.1, 0.15) is 47.1 Å². The molecule has 0 aliphatic heterocycles. The number of anilines is 1. The molecule has 2 aromatic heterocycles. The maximum absolute atomic E-state index is 13.7. The Bertz CT molecular complexity index is 1970. The van der Waals surface area contributed by atoms with Gasteiger partial charge in [0.2, 0.25) is 17.6 Å². The summed E-state index contributed by atoms with van der Waals surface area (Å²) in [6.07, 6.45) is 0.548. The number of nitrogens with one attached hydrogen (secondary N) is 2. The third kappa shape index (κ3) is 8.43. The first kappa shape index (κ1) is 33.4. The summed E-state index contributed by atoms with van der Waals surface area (Å²) < 4.78 is 25.6. The Morgan fingerprint density at radius 1 is 0.958 bits per heavy atom. The summed E-state index contributed by atoms with van der Waals surface area (Å²) in [7, 11) is 0. The van der Waals surface area contributed by atoms with Crippen LogP contribution < -0.4 is 16.2 Å². The van der Waals surface area contributed by atoms with E-state index >= 15 is 0 Å². The average Bonchev–Trinajstić information content (AvgIpc) is 3.53. The summed E-state index contributed by atoms with van der Waals surface area (Å²) in [5.74, 6) is -2.20. The molecule has 246 valence electrons. The van der Waals surface area contributed by atoms with Crippen molar-refractivity contribution in [3.05, 3.63) is 130 Å². The van der Waals surface area contributed by atoms with E-state index in [2.05, 4.69) is 25.8 Å². The molecule has 0 unspecified atom stereocenters. The number of benzene rings is 3. The SMILES string of the molecule is Cc1cccc(Cc2nnc(C(=O)[C@@H](NC(=O)Cn3c(-c4ccc(F)cc4)ncc(NC(=O)OCc4ccccc4)c3=O)C(C)C)o2)c1. The molecule has 5 rings (SSSR count). The lowest BCUT2D eigenvalue weighted by Gasteiger charge is -2.20. The molecule has 48 heavy (non-hydrogen) atoms. The highest BCUT2D eigenvalue weighted by Crippen LogP contribution is 2.19. The van der Waals surface area contributed by atoms with Crippen LogP contribution in [-0.2, 0) is 29.1 Å². The largest absolute Gasteiger partial charge is 0.444 e. The highest BCUT2D eigenvalue weighted by molar-refractivity contribution is 5.98. The molecule has 5 aromatic rings. The summed E-state index contributed by atoms with van der Waals surface area (Å²) in [6, 6.07) is 20.8. The monoisotopic (exact) mass is 652 g/mol. The summed E-state index contributed by atoms with van der Waals surface area (Å²) in [4.78, 5) is 57.3. The number of rotatable bonds is 12. The van der Waals surface area contributed by atoms with Crippen molar-refractivity contribution in [3.63, 3.8) is 0 Å². The first-order valence-electron chi connectivity index (χ1n) is 15.1. The van der Waals surface area contributed by atoms with E-state index in [1.165, 1.54) is 24.3 Å². The molecule has 0 saturated heterocycles. The third-order valence-corrected chi connectivity index (χ3v) is 7.28. The predicted octanol–water partition coefficient (Wildman–Crippen LogP) is 5.10. The highest BCUT2D eigenvalue weighted by atomic mass is 19.1. The van der Waals surface area contributed by atoms with Crippen LogP contribution >= 0.6 is 0 Å². The first-order chi connectivity index (χ1) is 23.1. The van der Waals surface area contributed by atoms with Gasteiger partial charge in [0.15, 0.2) is 0 Å². The minimum Gasteiger partial charge on any atom is -0.444 e. The second-order valence-electron chi connectivity index (χ2n) is 11.4. The topological polar surface area (TPSA) is 158 Å². The number of hydrogen-bond donors (Lipinski definition) is 2. The van der Waals surface area contributed by atoms with Gasteiger partial charge in [-0.2, -0.15) is 0 Å². The molecule has 13 heteroatoms. The predicted molar refractivity (Wildman–Crippen MR) is 174 cm³/mol. The second-order valence-corrected chi connectivity index (χ2v) is 11.4. The zero-order valence-electron chi connectivity index (χ0n) is 26.5. The summed E-state index contributed by atoms with van der Waals surface area (Å²) in [6.45, 7) is 4.80. The number of hydrogen-bond acceptors (Lipinski definition) is 9. The quantitative estimate of drug-likeness (QED) is 0.175. The molecular weight excluding hydrogens is 619 g/mol. The number of carbonyl (C=O) groups is 3. The van der Waals surface area contributed by atoms with Crippen molar-refractivity contribution in [2.45, 2.75) is 46.4 Å². The van der Waals surface area contributed by atoms with Crippen LogP contribution in [0.2, 0.25) is 0 Å². The van der Waals surface area contributed by atoms with Crippen molar-refractivity contribution >= 4 is 23.5 Å². The number of amides is 2. The number of ether oxygens (including phenoxy) is 1. The number of aryl methyl sites for hydroxylation is 1. The minimum atomic E-state index is -1.07. The molecule has 0 bridgehead atoms. The van der Waals surface area contributed by atoms with Gasteiger partial charge < -0.3 is 14.5 Å². The minimum absolute atomic E-state index is 0.0310. The van der Waals surface area contributed by atoms with Gasteiger partial charge in [0.25, 0.3) is 11.4 Å². The van der Waals surface area contributed by atoms with E-state index in [9.17, 15) is 23.6 Å². The molecule has 0 aliphatic rings. The molecule has 2 N–H and O–H groups in total. The summed E-state index contributed by atoms with van der Waals surface area (Å²) in [5.41, 5.74) is 2.04. The van der Waals surface area contributed by atoms with E-state index in [-0.39, 0.29) is 29.9 Å². The molecular formula is C35H33FN6O6. The fourth-order valence-electron chi connectivity index (χ4n) is 4.88. The lowest BCUT2D eigenvalue weighted by atomic mass is 9.99. The van der Waals surface area contributed by atoms with Crippen LogP contribution in [0.4, 0.5) is 14.9 Å². The Morgan fingerprint density at radius 3 is 2.40 bits per heavy atom. The van der Waals surface area contributed by atoms with Gasteiger partial charge in [-0.25, -0.2) is 14.2 Å². The highest BCUT2D eigenvalue weighted by Gasteiger charge is 2.30. The molecule has 2 amide bonds. The fourth-order valence-corrected chi connectivity index (χ4v) is 4.88. The van der Waals surface area contributed by atoms with E-state index in [1.54, 1.807) is 38.1 Å². The fraction of sp³-hybridized carbons (Fsp3) is 0.229. The van der Waals surface area contributed by atoms with Gasteiger partial charge in [-0.1, -0.05) is 74.0 Å². The molecule has 0 aliphatic carbocycles. The molecule has 0 fully saturated rings. The van der Waals surface area contributed by atoms with E-state index in [0.29, 0.717) is 12.0 Å². The van der Waals surface area contributed by atoms with E-state index in [1.807, 2.05) is 37.3 Å². The zero-order chi connectivity index (χ0) is 34.2. The van der Waals surface area contributed by atoms with Crippen molar-refractivity contribution in [2.24, 2.45) is 5.92 Å². The third-order valence-electron chi connectivity index (χ3n) is 7.28. The number of aromatic nitrogens is 4. The first-order valence-corrected chi connectivity index (χ1v) is 15.1. The van der Waals surface area contributed by atoms with Gasteiger partial charge in [0, 0.05) is 5.56 Å². The second kappa shape index (κ2) is 15.1. The van der Waals surface area contributed by atoms with Gasteiger partial charge in [-0.05, 0) is 48.2 Å². The Hall–Kier alpha value is -5.98. The number of carbonyl (C=O) groups excluding carboxylic acids is 3. The molecule has 1 atom stereocenters. The lowest BCUT2D eigenvalue weighted by molar-refractivity contribution is -0.122. The van der Waals surface area contributed by atoms with E-state index in [0.717, 1.165) is 27.5 Å². The van der Waals surface area contributed by atoms with Crippen molar-refractivity contribution in [1.29, 1.82) is 0 Å². The molecule has 2 heterocycles. The number of nitrogens with zero attached hydrogens (tertiary/aromatic N) is 4. The van der Waals surface area contributed by atoms with Crippen LogP contribution in [0.25, 0.3) is 11.4 Å². The summed E-state index contributed by atoms with van der Waals surface area (Å²) in [5, 5.41) is 13.0. The van der Waals surface area contributed by atoms with Crippen molar-refractivity contribution in [1.82, 2.24) is 25.1 Å². The van der Waals surface area contributed by atoms with Crippen molar-refractivity contribution in [2.75, 3.05) is 5.32 Å². The maximum Gasteiger partial charge on any atom is 0.412 e. The van der Waals surface area contributed by atoms with Crippen LogP contribution in [-0.4, -0.2) is 43.6 Å². The Balaban J connectivity index is 1.34. The number of Topliss-reactive ketones (excluding diaryl/α,β-unsaturated/α-hetero) is 1. The van der Waals surface area contributed by atoms with Crippen molar-refractivity contribution < 1.29 is 27.9 Å². The molecule has 0 saturated carbocycles. The van der Waals surface area contributed by atoms with Gasteiger partial charge in [-0.15, -0.1) is 10.2 Å². The van der Waals surface area contributed by atoms with Gasteiger partial charge >= 0.3 is 6.09 Å². The summed E-state index contributed by atoms with van der Waals surface area (Å²) >= 11 is 0. The Labute approximate surface area is 275 Å². The van der Waals surface area contributed by atoms with Gasteiger partial charge in [0.1, 0.15) is 30.5 Å². The molecule has 3 aromatic carbocycles. The Morgan fingerprint density at radius 2 is 1.69 bits per heavy atom. The smallest absolute Gasteiger partial charge is 0.412 e. The molecule has 0 spiro atoms. The normalized spacial score (nSPS) is 11.6. The van der Waals surface area contributed by atoms with Crippen molar-refractivity contribution in [3.8, 4) is 11.4 Å². The van der Waals surface area contributed by atoms with Crippen LogP contribution in [0.5, 0.6) is 0 Å². The van der Waals surface area contributed by atoms with Crippen LogP contribution in [0.15, 0.2) is 94.3 Å². The van der Waals surface area contributed by atoms with Gasteiger partial charge in [-0.3, -0.25) is 24.3 Å². The number of halogens is 1. The van der Waals surface area contributed by atoms with E-state index < -0.39 is 47.7 Å². The van der Waals surface area contributed by atoms with Gasteiger partial charge in [0.05, 0.1) is 18.7 Å². The van der Waals surface area contributed by atoms with Crippen LogP contribution in [0.3, 0.4) is 0 Å². The molecule has 0 radical (unpaired) electrons. The standard InChI is InChI=1S/C35H33FN6O6/c1-21(2)30(31(44)33-41-40-29(48-33)17-24-11-7-8-22(3)16-24)39-28(43)19-42-32(25-12-14-26(36)15-13-25)37-18-27(34(42)45)38-35(46)47-20-23-9-5-4-6-10-23/h4-16,18,21,30H,17,19-20H2,1-3H3,(H,38,46)(H,39,43)/t30-/m0/s1. The zero-order valence-corrected chi connectivity index (χ0v) is 26.5. The lowest BCUT2D eigenvalue weighted by Crippen LogP contribution is -2.46. The van der Waals surface area contributed by atoms with E-state index in [4.69, 9.17) is 9.15 Å². The molecule has 12 nitrogen and oxygen atoms in total. The number of ketones is 1. The maximum atomic E-state index is 13.7. The van der Waals surface area contributed by atoms with Crippen LogP contribution in [0, 0.1) is 18.7 Å².